The zero-order valence-corrected chi connectivity index (χ0v) is 12.5. The summed E-state index contributed by atoms with van der Waals surface area (Å²) >= 11 is 6.07. The van der Waals surface area contributed by atoms with E-state index in [4.69, 9.17) is 11.6 Å². The highest BCUT2D eigenvalue weighted by molar-refractivity contribution is 6.30. The second-order valence-corrected chi connectivity index (χ2v) is 6.60. The lowest BCUT2D eigenvalue weighted by molar-refractivity contribution is 0.144. The third-order valence-electron chi connectivity index (χ3n) is 4.93. The predicted octanol–water partition coefficient (Wildman–Crippen LogP) is 3.62. The average molecular weight is 279 g/mol. The maximum atomic E-state index is 6.07. The van der Waals surface area contributed by atoms with Gasteiger partial charge in [0, 0.05) is 29.2 Å². The molecule has 3 atom stereocenters. The van der Waals surface area contributed by atoms with Gasteiger partial charge in [0.2, 0.25) is 0 Å². The number of hydrogen-bond acceptors (Lipinski definition) is 2. The van der Waals surface area contributed by atoms with Crippen molar-refractivity contribution in [2.45, 2.75) is 56.8 Å². The van der Waals surface area contributed by atoms with Crippen molar-refractivity contribution in [3.8, 4) is 0 Å². The van der Waals surface area contributed by atoms with E-state index in [0.29, 0.717) is 12.1 Å². The Bertz CT molecular complexity index is 434. The number of rotatable bonds is 3. The molecule has 2 saturated heterocycles. The Morgan fingerprint density at radius 3 is 2.58 bits per heavy atom. The second-order valence-electron chi connectivity index (χ2n) is 6.16. The minimum atomic E-state index is 0.381. The lowest BCUT2D eigenvalue weighted by Gasteiger charge is -2.38. The number of piperidine rings is 1. The Morgan fingerprint density at radius 1 is 1.26 bits per heavy atom. The zero-order valence-electron chi connectivity index (χ0n) is 11.8. The minimum absolute atomic E-state index is 0.381. The molecule has 3 heteroatoms. The number of nitrogens with zero attached hydrogens (tertiary/aromatic N) is 1. The van der Waals surface area contributed by atoms with Crippen LogP contribution >= 0.6 is 11.6 Å². The van der Waals surface area contributed by atoms with Crippen LogP contribution in [0.2, 0.25) is 5.02 Å². The first-order valence-electron chi connectivity index (χ1n) is 7.37. The molecule has 0 spiro atoms. The molecule has 2 fully saturated rings. The molecular formula is C16H23ClN2. The molecule has 2 aliphatic rings. The quantitative estimate of drug-likeness (QED) is 0.909. The summed E-state index contributed by atoms with van der Waals surface area (Å²) in [5.74, 6) is 0. The van der Waals surface area contributed by atoms with E-state index in [1.54, 1.807) is 0 Å². The molecule has 2 heterocycles. The van der Waals surface area contributed by atoms with Crippen molar-refractivity contribution in [1.29, 1.82) is 0 Å². The van der Waals surface area contributed by atoms with Crippen LogP contribution in [0.3, 0.4) is 0 Å². The van der Waals surface area contributed by atoms with Crippen LogP contribution in [-0.4, -0.2) is 30.1 Å². The van der Waals surface area contributed by atoms with E-state index in [0.717, 1.165) is 17.1 Å². The van der Waals surface area contributed by atoms with Crippen LogP contribution in [0.5, 0.6) is 0 Å². The molecule has 0 amide bonds. The summed E-state index contributed by atoms with van der Waals surface area (Å²) in [7, 11) is 2.29. The Kier molecular flexibility index (Phi) is 3.84. The molecule has 1 N–H and O–H groups in total. The van der Waals surface area contributed by atoms with Crippen LogP contribution in [-0.2, 0) is 0 Å². The zero-order chi connectivity index (χ0) is 13.4. The molecule has 0 radical (unpaired) electrons. The van der Waals surface area contributed by atoms with Gasteiger partial charge in [-0.3, -0.25) is 0 Å². The lowest BCUT2D eigenvalue weighted by atomic mass is 9.96. The Hall–Kier alpha value is -0.570. The van der Waals surface area contributed by atoms with E-state index in [-0.39, 0.29) is 0 Å². The standard InChI is InChI=1S/C16H23ClN2/c1-11(12-4-3-5-13(17)8-12)18-14-9-15-6-7-16(10-14)19(15)2/h3-5,8,11,14-16,18H,6-7,9-10H2,1-2H3/t11-,14?,15?,16?/m1/s1. The predicted molar refractivity (Wildman–Crippen MR) is 80.6 cm³/mol. The summed E-state index contributed by atoms with van der Waals surface area (Å²) < 4.78 is 0. The van der Waals surface area contributed by atoms with Crippen LogP contribution in [0.15, 0.2) is 24.3 Å². The van der Waals surface area contributed by atoms with E-state index in [1.165, 1.54) is 31.2 Å². The van der Waals surface area contributed by atoms with Crippen molar-refractivity contribution in [3.05, 3.63) is 34.9 Å². The van der Waals surface area contributed by atoms with E-state index in [9.17, 15) is 0 Å². The van der Waals surface area contributed by atoms with Crippen molar-refractivity contribution in [3.63, 3.8) is 0 Å². The van der Waals surface area contributed by atoms with Crippen molar-refractivity contribution < 1.29 is 0 Å². The van der Waals surface area contributed by atoms with Crippen LogP contribution in [0.1, 0.15) is 44.2 Å². The van der Waals surface area contributed by atoms with Crippen molar-refractivity contribution in [2.24, 2.45) is 0 Å². The first-order valence-corrected chi connectivity index (χ1v) is 7.74. The molecule has 19 heavy (non-hydrogen) atoms. The van der Waals surface area contributed by atoms with Crippen LogP contribution in [0.4, 0.5) is 0 Å². The smallest absolute Gasteiger partial charge is 0.0409 e. The normalized spacial score (nSPS) is 32.5. The number of halogens is 1. The minimum Gasteiger partial charge on any atom is -0.307 e. The number of nitrogens with one attached hydrogen (secondary N) is 1. The van der Waals surface area contributed by atoms with Gasteiger partial charge >= 0.3 is 0 Å². The molecule has 0 aliphatic carbocycles. The molecule has 0 aromatic heterocycles. The highest BCUT2D eigenvalue weighted by atomic mass is 35.5. The van der Waals surface area contributed by atoms with E-state index >= 15 is 0 Å². The molecule has 1 aromatic rings. The van der Waals surface area contributed by atoms with Gasteiger partial charge in [0.25, 0.3) is 0 Å². The van der Waals surface area contributed by atoms with Crippen molar-refractivity contribution >= 4 is 11.6 Å². The molecule has 1 aromatic carbocycles. The van der Waals surface area contributed by atoms with Crippen LogP contribution in [0, 0.1) is 0 Å². The Balaban J connectivity index is 1.63. The average Bonchev–Trinajstić information content (AvgIpc) is 2.62. The fourth-order valence-electron chi connectivity index (χ4n) is 3.77. The molecule has 3 rings (SSSR count). The molecule has 104 valence electrons. The second kappa shape index (κ2) is 5.43. The number of hydrogen-bond donors (Lipinski definition) is 1. The summed E-state index contributed by atoms with van der Waals surface area (Å²) in [4.78, 5) is 2.59. The van der Waals surface area contributed by atoms with Crippen molar-refractivity contribution in [1.82, 2.24) is 10.2 Å². The van der Waals surface area contributed by atoms with Gasteiger partial charge in [-0.2, -0.15) is 0 Å². The lowest BCUT2D eigenvalue weighted by Crippen LogP contribution is -2.47. The van der Waals surface area contributed by atoms with Gasteiger partial charge in [-0.05, 0) is 57.4 Å². The maximum absolute atomic E-state index is 6.07. The van der Waals surface area contributed by atoms with E-state index in [1.807, 2.05) is 12.1 Å². The fraction of sp³-hybridized carbons (Fsp3) is 0.625. The molecule has 2 unspecified atom stereocenters. The largest absolute Gasteiger partial charge is 0.307 e. The summed E-state index contributed by atoms with van der Waals surface area (Å²) in [6, 6.07) is 10.8. The van der Waals surface area contributed by atoms with Gasteiger partial charge in [-0.1, -0.05) is 23.7 Å². The first-order chi connectivity index (χ1) is 9.13. The SMILES string of the molecule is C[C@@H](NC1CC2CCC(C1)N2C)c1cccc(Cl)c1. The molecule has 2 bridgehead atoms. The summed E-state index contributed by atoms with van der Waals surface area (Å²) in [6.07, 6.45) is 5.34. The molecule has 2 aliphatic heterocycles. The van der Waals surface area contributed by atoms with Crippen LogP contribution < -0.4 is 5.32 Å². The monoisotopic (exact) mass is 278 g/mol. The fourth-order valence-corrected chi connectivity index (χ4v) is 3.97. The Labute approximate surface area is 121 Å². The van der Waals surface area contributed by atoms with Gasteiger partial charge < -0.3 is 10.2 Å². The number of fused-ring (bicyclic) bond motifs is 2. The molecular weight excluding hydrogens is 256 g/mol. The van der Waals surface area contributed by atoms with Gasteiger partial charge in [-0.15, -0.1) is 0 Å². The molecule has 0 saturated carbocycles. The van der Waals surface area contributed by atoms with Gasteiger partial charge in [0.1, 0.15) is 0 Å². The van der Waals surface area contributed by atoms with Crippen LogP contribution in [0.25, 0.3) is 0 Å². The highest BCUT2D eigenvalue weighted by Crippen LogP contribution is 2.35. The number of benzene rings is 1. The highest BCUT2D eigenvalue weighted by Gasteiger charge is 2.38. The van der Waals surface area contributed by atoms with Gasteiger partial charge in [0.05, 0.1) is 0 Å². The third kappa shape index (κ3) is 2.81. The topological polar surface area (TPSA) is 15.3 Å². The summed E-state index contributed by atoms with van der Waals surface area (Å²) in [5, 5.41) is 4.63. The maximum Gasteiger partial charge on any atom is 0.0409 e. The summed E-state index contributed by atoms with van der Waals surface area (Å²) in [5.41, 5.74) is 1.29. The van der Waals surface area contributed by atoms with Gasteiger partial charge in [-0.25, -0.2) is 0 Å². The summed E-state index contributed by atoms with van der Waals surface area (Å²) in [6.45, 7) is 2.24. The van der Waals surface area contributed by atoms with E-state index in [2.05, 4.69) is 36.3 Å². The van der Waals surface area contributed by atoms with Gasteiger partial charge in [0.15, 0.2) is 0 Å². The Morgan fingerprint density at radius 2 is 1.95 bits per heavy atom. The third-order valence-corrected chi connectivity index (χ3v) is 5.17. The first kappa shape index (κ1) is 13.4. The van der Waals surface area contributed by atoms with E-state index < -0.39 is 0 Å². The molecule has 2 nitrogen and oxygen atoms in total. The van der Waals surface area contributed by atoms with Crippen molar-refractivity contribution in [2.75, 3.05) is 7.05 Å².